The van der Waals surface area contributed by atoms with Gasteiger partial charge in [0.1, 0.15) is 11.5 Å². The van der Waals surface area contributed by atoms with E-state index in [1.165, 1.54) is 24.0 Å². The van der Waals surface area contributed by atoms with Crippen LogP contribution in [0.1, 0.15) is 29.7 Å². The second-order valence-electron chi connectivity index (χ2n) is 6.76. The smallest absolute Gasteiger partial charge is 0.295 e. The molecule has 1 saturated heterocycles. The van der Waals surface area contributed by atoms with Gasteiger partial charge in [0.25, 0.3) is 11.7 Å². The highest BCUT2D eigenvalue weighted by molar-refractivity contribution is 6.46. The Bertz CT molecular complexity index is 897. The molecule has 1 aliphatic rings. The molecular formula is C21H21NO5. The summed E-state index contributed by atoms with van der Waals surface area (Å²) in [6, 6.07) is 12.2. The zero-order valence-corrected chi connectivity index (χ0v) is 15.1. The van der Waals surface area contributed by atoms with Crippen LogP contribution in [0.15, 0.2) is 54.1 Å². The summed E-state index contributed by atoms with van der Waals surface area (Å²) in [6.45, 7) is 3.37. The van der Waals surface area contributed by atoms with Crippen molar-refractivity contribution in [1.29, 1.82) is 0 Å². The predicted molar refractivity (Wildman–Crippen MR) is 100.0 cm³/mol. The molecule has 27 heavy (non-hydrogen) atoms. The van der Waals surface area contributed by atoms with Gasteiger partial charge in [-0.1, -0.05) is 42.0 Å². The van der Waals surface area contributed by atoms with Gasteiger partial charge in [0.05, 0.1) is 17.7 Å². The van der Waals surface area contributed by atoms with E-state index in [0.717, 1.165) is 5.56 Å². The Balaban J connectivity index is 2.17. The number of nitrogens with zero attached hydrogens (tertiary/aromatic N) is 1. The number of aryl methyl sites for hydroxylation is 1. The molecule has 2 aromatic rings. The molecule has 3 N–H and O–H groups in total. The highest BCUT2D eigenvalue weighted by Gasteiger charge is 2.46. The molecule has 0 spiro atoms. The number of phenols is 1. The number of likely N-dealkylation sites (tertiary alicyclic amines) is 1. The van der Waals surface area contributed by atoms with Crippen LogP contribution in [0.5, 0.6) is 5.75 Å². The minimum Gasteiger partial charge on any atom is -0.508 e. The third kappa shape index (κ3) is 3.57. The zero-order valence-electron chi connectivity index (χ0n) is 15.1. The van der Waals surface area contributed by atoms with Crippen molar-refractivity contribution in [2.24, 2.45) is 0 Å². The monoisotopic (exact) mass is 367 g/mol. The summed E-state index contributed by atoms with van der Waals surface area (Å²) < 4.78 is 0. The molecule has 6 nitrogen and oxygen atoms in total. The van der Waals surface area contributed by atoms with Gasteiger partial charge in [-0.15, -0.1) is 0 Å². The van der Waals surface area contributed by atoms with Crippen molar-refractivity contribution in [3.8, 4) is 5.75 Å². The molecule has 0 radical (unpaired) electrons. The van der Waals surface area contributed by atoms with Gasteiger partial charge in [0.15, 0.2) is 0 Å². The maximum Gasteiger partial charge on any atom is 0.295 e. The molecule has 1 fully saturated rings. The normalized spacial score (nSPS) is 20.1. The SMILES string of the molecule is Cc1ccc(C(O)=C2C(=O)C(=O)N(C[C@H](C)O)[C@H]2c2ccc(O)cc2)cc1. The van der Waals surface area contributed by atoms with Crippen LogP contribution in [0.2, 0.25) is 0 Å². The van der Waals surface area contributed by atoms with Crippen LogP contribution >= 0.6 is 0 Å². The van der Waals surface area contributed by atoms with Crippen LogP contribution in [0.4, 0.5) is 0 Å². The van der Waals surface area contributed by atoms with Crippen molar-refractivity contribution in [3.63, 3.8) is 0 Å². The summed E-state index contributed by atoms with van der Waals surface area (Å²) in [7, 11) is 0. The number of aliphatic hydroxyl groups is 2. The van der Waals surface area contributed by atoms with Crippen LogP contribution in [-0.2, 0) is 9.59 Å². The van der Waals surface area contributed by atoms with E-state index in [2.05, 4.69) is 0 Å². The summed E-state index contributed by atoms with van der Waals surface area (Å²) in [4.78, 5) is 26.5. The van der Waals surface area contributed by atoms with Crippen molar-refractivity contribution in [2.45, 2.75) is 26.0 Å². The number of ketones is 1. The van der Waals surface area contributed by atoms with E-state index in [0.29, 0.717) is 11.1 Å². The first-order valence-electron chi connectivity index (χ1n) is 8.62. The lowest BCUT2D eigenvalue weighted by Crippen LogP contribution is -2.35. The summed E-state index contributed by atoms with van der Waals surface area (Å²) in [6.07, 6.45) is -0.845. The van der Waals surface area contributed by atoms with Gasteiger partial charge >= 0.3 is 0 Å². The molecule has 0 bridgehead atoms. The number of amides is 1. The van der Waals surface area contributed by atoms with Gasteiger partial charge in [-0.25, -0.2) is 0 Å². The highest BCUT2D eigenvalue weighted by atomic mass is 16.3. The van der Waals surface area contributed by atoms with E-state index < -0.39 is 23.8 Å². The number of carbonyl (C=O) groups excluding carboxylic acids is 2. The highest BCUT2D eigenvalue weighted by Crippen LogP contribution is 2.39. The summed E-state index contributed by atoms with van der Waals surface area (Å²) in [5, 5.41) is 30.1. The number of benzene rings is 2. The molecule has 6 heteroatoms. The lowest BCUT2D eigenvalue weighted by molar-refractivity contribution is -0.140. The average Bonchev–Trinajstić information content (AvgIpc) is 2.87. The molecule has 1 aliphatic heterocycles. The predicted octanol–water partition coefficient (Wildman–Crippen LogP) is 2.50. The van der Waals surface area contributed by atoms with E-state index >= 15 is 0 Å². The number of hydrogen-bond donors (Lipinski definition) is 3. The molecular weight excluding hydrogens is 346 g/mol. The van der Waals surface area contributed by atoms with E-state index in [1.54, 1.807) is 36.4 Å². The van der Waals surface area contributed by atoms with E-state index in [-0.39, 0.29) is 23.6 Å². The average molecular weight is 367 g/mol. The largest absolute Gasteiger partial charge is 0.508 e. The molecule has 1 heterocycles. The Morgan fingerprint density at radius 1 is 1.07 bits per heavy atom. The van der Waals surface area contributed by atoms with Crippen molar-refractivity contribution >= 4 is 17.4 Å². The fourth-order valence-corrected chi connectivity index (χ4v) is 3.22. The molecule has 1 amide bonds. The number of Topliss-reactive ketones (excluding diaryl/α,β-unsaturated/α-hetero) is 1. The number of β-amino-alcohol motifs (C(OH)–C–C–N with tert-alkyl or cyclic N) is 1. The van der Waals surface area contributed by atoms with Gasteiger partial charge in [0, 0.05) is 12.1 Å². The summed E-state index contributed by atoms with van der Waals surface area (Å²) >= 11 is 0. The molecule has 140 valence electrons. The zero-order chi connectivity index (χ0) is 19.7. The number of aliphatic hydroxyl groups excluding tert-OH is 2. The Kier molecular flexibility index (Phi) is 5.01. The molecule has 2 aromatic carbocycles. The van der Waals surface area contributed by atoms with Crippen LogP contribution in [0.25, 0.3) is 5.76 Å². The molecule has 0 aromatic heterocycles. The maximum absolute atomic E-state index is 12.7. The van der Waals surface area contributed by atoms with Crippen LogP contribution in [0.3, 0.4) is 0 Å². The fraction of sp³-hybridized carbons (Fsp3) is 0.238. The molecule has 2 atom stereocenters. The lowest BCUT2D eigenvalue weighted by atomic mass is 9.95. The Labute approximate surface area is 157 Å². The van der Waals surface area contributed by atoms with Crippen molar-refractivity contribution < 1.29 is 24.9 Å². The fourth-order valence-electron chi connectivity index (χ4n) is 3.22. The van der Waals surface area contributed by atoms with E-state index in [4.69, 9.17) is 0 Å². The number of hydrogen-bond acceptors (Lipinski definition) is 5. The third-order valence-electron chi connectivity index (χ3n) is 4.53. The quantitative estimate of drug-likeness (QED) is 0.438. The Morgan fingerprint density at radius 2 is 1.67 bits per heavy atom. The first-order valence-corrected chi connectivity index (χ1v) is 8.62. The molecule has 0 aliphatic carbocycles. The van der Waals surface area contributed by atoms with E-state index in [9.17, 15) is 24.9 Å². The van der Waals surface area contributed by atoms with E-state index in [1.807, 2.05) is 6.92 Å². The summed E-state index contributed by atoms with van der Waals surface area (Å²) in [5.74, 6) is -1.79. The second-order valence-corrected chi connectivity index (χ2v) is 6.76. The number of rotatable bonds is 4. The van der Waals surface area contributed by atoms with Gasteiger partial charge in [-0.2, -0.15) is 0 Å². The van der Waals surface area contributed by atoms with Crippen molar-refractivity contribution in [2.75, 3.05) is 6.54 Å². The van der Waals surface area contributed by atoms with Crippen molar-refractivity contribution in [1.82, 2.24) is 4.90 Å². The summed E-state index contributed by atoms with van der Waals surface area (Å²) in [5.41, 5.74) is 1.95. The lowest BCUT2D eigenvalue weighted by Gasteiger charge is -2.26. The van der Waals surface area contributed by atoms with Crippen LogP contribution < -0.4 is 0 Å². The van der Waals surface area contributed by atoms with Gasteiger partial charge < -0.3 is 20.2 Å². The topological polar surface area (TPSA) is 98.1 Å². The Hall–Kier alpha value is -3.12. The van der Waals surface area contributed by atoms with Crippen LogP contribution in [-0.4, -0.2) is 44.6 Å². The standard InChI is InChI=1S/C21H21NO5/c1-12-3-5-15(6-4-12)19(25)17-18(14-7-9-16(24)10-8-14)22(11-13(2)23)21(27)20(17)26/h3-10,13,18,23-25H,11H2,1-2H3/t13-,18-/m0/s1. The molecule has 0 saturated carbocycles. The maximum atomic E-state index is 12.7. The second kappa shape index (κ2) is 7.25. The Morgan fingerprint density at radius 3 is 2.22 bits per heavy atom. The van der Waals surface area contributed by atoms with Gasteiger partial charge in [-0.3, -0.25) is 9.59 Å². The van der Waals surface area contributed by atoms with Crippen molar-refractivity contribution in [3.05, 3.63) is 70.8 Å². The minimum absolute atomic E-state index is 0.0322. The number of aromatic hydroxyl groups is 1. The van der Waals surface area contributed by atoms with Gasteiger partial charge in [0.2, 0.25) is 0 Å². The third-order valence-corrected chi connectivity index (χ3v) is 4.53. The minimum atomic E-state index is -0.846. The van der Waals surface area contributed by atoms with Crippen LogP contribution in [0, 0.1) is 6.92 Å². The molecule has 3 rings (SSSR count). The number of phenolic OH excluding ortho intramolecular Hbond substituents is 1. The number of carbonyl (C=O) groups is 2. The first-order chi connectivity index (χ1) is 12.8. The first kappa shape index (κ1) is 18.7. The van der Waals surface area contributed by atoms with Gasteiger partial charge in [-0.05, 0) is 31.5 Å². The molecule has 0 unspecified atom stereocenters.